The highest BCUT2D eigenvalue weighted by molar-refractivity contribution is 5.94. The van der Waals surface area contributed by atoms with Gasteiger partial charge in [-0.2, -0.15) is 10.2 Å². The van der Waals surface area contributed by atoms with E-state index in [-0.39, 0.29) is 17.5 Å². The highest BCUT2D eigenvalue weighted by atomic mass is 16.5. The minimum absolute atomic E-state index is 0.0363. The molecule has 0 spiro atoms. The minimum atomic E-state index is -0.280. The van der Waals surface area contributed by atoms with Crippen molar-refractivity contribution in [3.05, 3.63) is 96.3 Å². The molecule has 0 atom stereocenters. The lowest BCUT2D eigenvalue weighted by molar-refractivity contribution is -0.127. The Labute approximate surface area is 224 Å². The van der Waals surface area contributed by atoms with Crippen molar-refractivity contribution >= 4 is 28.6 Å². The molecule has 1 N–H and O–H groups in total. The zero-order valence-electron chi connectivity index (χ0n) is 21.3. The van der Waals surface area contributed by atoms with Gasteiger partial charge in [0, 0.05) is 37.2 Å². The molecule has 39 heavy (non-hydrogen) atoms. The highest BCUT2D eigenvalue weighted by Crippen LogP contribution is 2.35. The van der Waals surface area contributed by atoms with Gasteiger partial charge < -0.3 is 15.0 Å². The predicted octanol–water partition coefficient (Wildman–Crippen LogP) is 4.76. The molecule has 0 aliphatic carbocycles. The quantitative estimate of drug-likeness (QED) is 0.255. The molecule has 0 unspecified atom stereocenters. The van der Waals surface area contributed by atoms with E-state index in [1.54, 1.807) is 9.42 Å². The SMILES string of the molecule is [C-]#[N+]C(=C)C(=O)N1CCC(c2ccn3ncnc(Nc4ccc(Oc5ccn6ncnc6c5)c(C)c4)c23)CC1. The van der Waals surface area contributed by atoms with Crippen LogP contribution in [0.15, 0.2) is 73.7 Å². The van der Waals surface area contributed by atoms with Crippen LogP contribution < -0.4 is 10.1 Å². The van der Waals surface area contributed by atoms with Crippen LogP contribution in [0.2, 0.25) is 0 Å². The maximum absolute atomic E-state index is 12.4. The van der Waals surface area contributed by atoms with Crippen molar-refractivity contribution in [3.8, 4) is 11.5 Å². The number of piperidine rings is 1. The number of hydrogen-bond acceptors (Lipinski definition) is 7. The van der Waals surface area contributed by atoms with Crippen LogP contribution in [0, 0.1) is 13.5 Å². The molecule has 194 valence electrons. The van der Waals surface area contributed by atoms with E-state index in [4.69, 9.17) is 11.3 Å². The number of ether oxygens (including phenoxy) is 1. The van der Waals surface area contributed by atoms with Gasteiger partial charge in [-0.25, -0.2) is 23.8 Å². The number of rotatable bonds is 6. The summed E-state index contributed by atoms with van der Waals surface area (Å²) in [7, 11) is 0. The number of likely N-dealkylation sites (tertiary alicyclic amines) is 1. The number of pyridine rings is 1. The molecule has 5 heterocycles. The van der Waals surface area contributed by atoms with Crippen LogP contribution in [-0.2, 0) is 4.79 Å². The molecule has 1 aliphatic heterocycles. The van der Waals surface area contributed by atoms with E-state index in [1.807, 2.05) is 54.2 Å². The number of benzene rings is 1. The number of hydrogen-bond donors (Lipinski definition) is 1. The molecule has 1 fully saturated rings. The smallest absolute Gasteiger partial charge is 0.252 e. The molecule has 11 nitrogen and oxygen atoms in total. The van der Waals surface area contributed by atoms with Gasteiger partial charge in [0.15, 0.2) is 11.5 Å². The summed E-state index contributed by atoms with van der Waals surface area (Å²) >= 11 is 0. The molecular formula is C28H25N9O2. The fourth-order valence-corrected chi connectivity index (χ4v) is 4.99. The van der Waals surface area contributed by atoms with Crippen LogP contribution in [0.25, 0.3) is 16.0 Å². The molecule has 0 radical (unpaired) electrons. The summed E-state index contributed by atoms with van der Waals surface area (Å²) in [4.78, 5) is 26.0. The third-order valence-corrected chi connectivity index (χ3v) is 7.01. The van der Waals surface area contributed by atoms with Crippen molar-refractivity contribution in [2.24, 2.45) is 0 Å². The van der Waals surface area contributed by atoms with Gasteiger partial charge in [-0.15, -0.1) is 0 Å². The molecule has 1 amide bonds. The number of anilines is 2. The highest BCUT2D eigenvalue weighted by Gasteiger charge is 2.27. The summed E-state index contributed by atoms with van der Waals surface area (Å²) in [6, 6.07) is 11.6. The number of carbonyl (C=O) groups excluding carboxylic acids is 1. The Bertz CT molecular complexity index is 1760. The molecule has 11 heteroatoms. The summed E-state index contributed by atoms with van der Waals surface area (Å²) < 4.78 is 9.62. The molecule has 4 aromatic heterocycles. The van der Waals surface area contributed by atoms with Crippen LogP contribution in [0.4, 0.5) is 11.5 Å². The van der Waals surface area contributed by atoms with E-state index in [2.05, 4.69) is 43.0 Å². The molecule has 5 aromatic rings. The van der Waals surface area contributed by atoms with Crippen molar-refractivity contribution in [3.63, 3.8) is 0 Å². The number of nitrogens with zero attached hydrogens (tertiary/aromatic N) is 8. The van der Waals surface area contributed by atoms with Crippen LogP contribution in [0.1, 0.15) is 29.9 Å². The van der Waals surface area contributed by atoms with E-state index in [9.17, 15) is 4.79 Å². The minimum Gasteiger partial charge on any atom is -0.457 e. The number of carbonyl (C=O) groups is 1. The Morgan fingerprint density at radius 3 is 2.64 bits per heavy atom. The Balaban J connectivity index is 1.20. The third-order valence-electron chi connectivity index (χ3n) is 7.01. The van der Waals surface area contributed by atoms with Crippen molar-refractivity contribution in [1.82, 2.24) is 34.1 Å². The van der Waals surface area contributed by atoms with Crippen molar-refractivity contribution < 1.29 is 9.53 Å². The van der Waals surface area contributed by atoms with E-state index in [0.717, 1.165) is 40.9 Å². The maximum Gasteiger partial charge on any atom is 0.252 e. The normalized spacial score (nSPS) is 13.9. The average molecular weight is 520 g/mol. The summed E-state index contributed by atoms with van der Waals surface area (Å²) in [5, 5.41) is 12.0. The lowest BCUT2D eigenvalue weighted by Crippen LogP contribution is -2.38. The van der Waals surface area contributed by atoms with Crippen LogP contribution >= 0.6 is 0 Å². The average Bonchev–Trinajstić information content (AvgIpc) is 3.61. The Morgan fingerprint density at radius 2 is 1.85 bits per heavy atom. The van der Waals surface area contributed by atoms with E-state index in [0.29, 0.717) is 30.3 Å². The van der Waals surface area contributed by atoms with Gasteiger partial charge in [0.1, 0.15) is 29.7 Å². The number of amides is 1. The first kappa shape index (κ1) is 24.1. The molecule has 1 saturated heterocycles. The zero-order chi connectivity index (χ0) is 26.9. The van der Waals surface area contributed by atoms with Crippen molar-refractivity contribution in [1.29, 1.82) is 0 Å². The largest absolute Gasteiger partial charge is 0.457 e. The van der Waals surface area contributed by atoms with Gasteiger partial charge in [0.05, 0.1) is 6.57 Å². The number of fused-ring (bicyclic) bond motifs is 2. The van der Waals surface area contributed by atoms with Gasteiger partial charge in [-0.1, -0.05) is 6.58 Å². The number of aryl methyl sites for hydroxylation is 1. The molecule has 6 rings (SSSR count). The fourth-order valence-electron chi connectivity index (χ4n) is 4.99. The summed E-state index contributed by atoms with van der Waals surface area (Å²) in [6.07, 6.45) is 8.35. The molecule has 1 aromatic carbocycles. The van der Waals surface area contributed by atoms with Crippen molar-refractivity contribution in [2.75, 3.05) is 18.4 Å². The summed E-state index contributed by atoms with van der Waals surface area (Å²) in [5.74, 6) is 2.09. The standard InChI is InChI=1S/C28H25N9O2/c1-18-14-21(4-5-24(18)39-22-8-12-36-25(15-22)30-16-32-36)34-27-26-23(9-13-37(26)33-17-31-27)20-6-10-35(11-7-20)28(38)19(2)29-3/h4-5,8-9,12-17,20H,2,6-7,10-11H2,1H3,(H,31,33,34). The Kier molecular flexibility index (Phi) is 6.13. The van der Waals surface area contributed by atoms with Crippen LogP contribution in [0.5, 0.6) is 11.5 Å². The molecule has 1 aliphatic rings. The van der Waals surface area contributed by atoms with Gasteiger partial charge in [0.25, 0.3) is 5.91 Å². The molecule has 0 bridgehead atoms. The van der Waals surface area contributed by atoms with Gasteiger partial charge in [0.2, 0.25) is 5.70 Å². The summed E-state index contributed by atoms with van der Waals surface area (Å²) in [5.41, 5.74) is 4.55. The predicted molar refractivity (Wildman–Crippen MR) is 145 cm³/mol. The van der Waals surface area contributed by atoms with Gasteiger partial charge in [-0.05, 0) is 67.1 Å². The monoisotopic (exact) mass is 519 g/mol. The topological polar surface area (TPSA) is 106 Å². The number of nitrogens with one attached hydrogen (secondary N) is 1. The van der Waals surface area contributed by atoms with E-state index in [1.165, 1.54) is 12.7 Å². The van der Waals surface area contributed by atoms with E-state index >= 15 is 0 Å². The second-order valence-corrected chi connectivity index (χ2v) is 9.43. The summed E-state index contributed by atoms with van der Waals surface area (Å²) in [6.45, 7) is 13.8. The first-order chi connectivity index (χ1) is 19.0. The maximum atomic E-state index is 12.4. The van der Waals surface area contributed by atoms with E-state index < -0.39 is 0 Å². The zero-order valence-corrected chi connectivity index (χ0v) is 21.3. The lowest BCUT2D eigenvalue weighted by atomic mass is 9.90. The second kappa shape index (κ2) is 9.90. The van der Waals surface area contributed by atoms with Crippen molar-refractivity contribution in [2.45, 2.75) is 25.7 Å². The fraction of sp³-hybridized carbons (Fsp3) is 0.214. The van der Waals surface area contributed by atoms with Gasteiger partial charge in [-0.3, -0.25) is 4.79 Å². The Morgan fingerprint density at radius 1 is 1.08 bits per heavy atom. The Hall–Kier alpha value is -5.24. The third kappa shape index (κ3) is 4.64. The number of aromatic nitrogens is 6. The first-order valence-corrected chi connectivity index (χ1v) is 12.5. The molecule has 0 saturated carbocycles. The second-order valence-electron chi connectivity index (χ2n) is 9.43. The van der Waals surface area contributed by atoms with Crippen LogP contribution in [0.3, 0.4) is 0 Å². The molecular weight excluding hydrogens is 494 g/mol. The van der Waals surface area contributed by atoms with Gasteiger partial charge >= 0.3 is 0 Å². The first-order valence-electron chi connectivity index (χ1n) is 12.5. The lowest BCUT2D eigenvalue weighted by Gasteiger charge is -2.32. The van der Waals surface area contributed by atoms with Crippen LogP contribution in [-0.4, -0.2) is 53.1 Å².